The fourth-order valence-corrected chi connectivity index (χ4v) is 2.12. The molecule has 5 heteroatoms. The number of anilines is 1. The van der Waals surface area contributed by atoms with Crippen molar-refractivity contribution in [3.8, 4) is 0 Å². The summed E-state index contributed by atoms with van der Waals surface area (Å²) in [6, 6.07) is 2.00. The van der Waals surface area contributed by atoms with Gasteiger partial charge in [0, 0.05) is 24.5 Å². The lowest BCUT2D eigenvalue weighted by Gasteiger charge is -2.12. The summed E-state index contributed by atoms with van der Waals surface area (Å²) in [5, 5.41) is 3.87. The number of nitrogens with zero attached hydrogens (tertiary/aromatic N) is 3. The fraction of sp³-hybridized carbons (Fsp3) is 0.357. The zero-order valence-corrected chi connectivity index (χ0v) is 11.9. The Morgan fingerprint density at radius 2 is 2.16 bits per heavy atom. The maximum Gasteiger partial charge on any atom is 0.137 e. The zero-order valence-electron chi connectivity index (χ0n) is 11.2. The summed E-state index contributed by atoms with van der Waals surface area (Å²) < 4.78 is 0. The van der Waals surface area contributed by atoms with Crippen LogP contribution in [-0.4, -0.2) is 15.0 Å². The molecular formula is C14H17ClN4. The minimum atomic E-state index is 0.533. The van der Waals surface area contributed by atoms with Crippen molar-refractivity contribution in [1.82, 2.24) is 15.0 Å². The molecule has 0 atom stereocenters. The van der Waals surface area contributed by atoms with Crippen LogP contribution in [-0.2, 0) is 13.0 Å². The molecule has 0 aliphatic rings. The number of aromatic nitrogens is 3. The molecule has 0 saturated carbocycles. The second kappa shape index (κ2) is 6.48. The fourth-order valence-electron chi connectivity index (χ4n) is 1.89. The van der Waals surface area contributed by atoms with E-state index in [4.69, 9.17) is 11.6 Å². The van der Waals surface area contributed by atoms with Gasteiger partial charge >= 0.3 is 0 Å². The topological polar surface area (TPSA) is 50.7 Å². The average molecular weight is 277 g/mol. The molecule has 19 heavy (non-hydrogen) atoms. The summed E-state index contributed by atoms with van der Waals surface area (Å²) in [7, 11) is 0. The van der Waals surface area contributed by atoms with E-state index in [2.05, 4.69) is 27.2 Å². The predicted octanol–water partition coefficient (Wildman–Crippen LogP) is 3.40. The zero-order chi connectivity index (χ0) is 13.7. The van der Waals surface area contributed by atoms with Crippen LogP contribution in [0.4, 0.5) is 5.82 Å². The molecule has 0 bridgehead atoms. The highest BCUT2D eigenvalue weighted by Crippen LogP contribution is 2.22. The van der Waals surface area contributed by atoms with Crippen LogP contribution in [0.1, 0.15) is 30.0 Å². The molecule has 4 nitrogen and oxygen atoms in total. The van der Waals surface area contributed by atoms with Gasteiger partial charge in [0.2, 0.25) is 0 Å². The number of rotatable bonds is 5. The Morgan fingerprint density at radius 1 is 1.32 bits per heavy atom. The van der Waals surface area contributed by atoms with E-state index in [9.17, 15) is 0 Å². The lowest BCUT2D eigenvalue weighted by molar-refractivity contribution is 0.896. The third-order valence-corrected chi connectivity index (χ3v) is 3.30. The van der Waals surface area contributed by atoms with Crippen molar-refractivity contribution in [2.45, 2.75) is 33.2 Å². The molecular weight excluding hydrogens is 260 g/mol. The van der Waals surface area contributed by atoms with E-state index >= 15 is 0 Å². The van der Waals surface area contributed by atoms with Crippen molar-refractivity contribution >= 4 is 17.4 Å². The van der Waals surface area contributed by atoms with E-state index < -0.39 is 0 Å². The minimum absolute atomic E-state index is 0.533. The first kappa shape index (κ1) is 13.7. The molecule has 0 aliphatic heterocycles. The normalized spacial score (nSPS) is 10.5. The highest BCUT2D eigenvalue weighted by molar-refractivity contribution is 6.30. The van der Waals surface area contributed by atoms with Gasteiger partial charge < -0.3 is 5.32 Å². The van der Waals surface area contributed by atoms with Crippen molar-refractivity contribution in [2.75, 3.05) is 5.32 Å². The van der Waals surface area contributed by atoms with Gasteiger partial charge in [0.05, 0.1) is 0 Å². The SMILES string of the molecule is CCCc1c(Cl)ncnc1NCc1ccncc1C. The molecule has 2 aromatic heterocycles. The van der Waals surface area contributed by atoms with Crippen molar-refractivity contribution in [2.24, 2.45) is 0 Å². The third kappa shape index (κ3) is 3.41. The lowest BCUT2D eigenvalue weighted by atomic mass is 10.1. The molecule has 1 N–H and O–H groups in total. The van der Waals surface area contributed by atoms with Crippen LogP contribution in [0.2, 0.25) is 5.15 Å². The Kier molecular flexibility index (Phi) is 4.68. The Labute approximate surface area is 118 Å². The molecule has 0 radical (unpaired) electrons. The van der Waals surface area contributed by atoms with Crippen LogP contribution in [0, 0.1) is 6.92 Å². The first-order valence-electron chi connectivity index (χ1n) is 6.35. The summed E-state index contributed by atoms with van der Waals surface area (Å²) in [6.45, 7) is 4.86. The highest BCUT2D eigenvalue weighted by Gasteiger charge is 2.09. The highest BCUT2D eigenvalue weighted by atomic mass is 35.5. The predicted molar refractivity (Wildman–Crippen MR) is 77.3 cm³/mol. The Bertz CT molecular complexity index is 557. The van der Waals surface area contributed by atoms with Gasteiger partial charge in [-0.25, -0.2) is 9.97 Å². The van der Waals surface area contributed by atoms with Gasteiger partial charge in [-0.2, -0.15) is 0 Å². The first-order valence-corrected chi connectivity index (χ1v) is 6.73. The number of halogens is 1. The average Bonchev–Trinajstić information content (AvgIpc) is 2.41. The van der Waals surface area contributed by atoms with Crippen LogP contribution in [0.25, 0.3) is 0 Å². The minimum Gasteiger partial charge on any atom is -0.366 e. The quantitative estimate of drug-likeness (QED) is 0.851. The van der Waals surface area contributed by atoms with Crippen LogP contribution in [0.15, 0.2) is 24.8 Å². The number of pyridine rings is 1. The molecule has 0 spiro atoms. The summed E-state index contributed by atoms with van der Waals surface area (Å²) in [5.41, 5.74) is 3.35. The molecule has 100 valence electrons. The van der Waals surface area contributed by atoms with Crippen molar-refractivity contribution in [1.29, 1.82) is 0 Å². The number of hydrogen-bond acceptors (Lipinski definition) is 4. The maximum absolute atomic E-state index is 6.12. The third-order valence-electron chi connectivity index (χ3n) is 2.98. The van der Waals surface area contributed by atoms with Crippen molar-refractivity contribution in [3.63, 3.8) is 0 Å². The van der Waals surface area contributed by atoms with E-state index in [1.54, 1.807) is 6.20 Å². The van der Waals surface area contributed by atoms with Gasteiger partial charge in [-0.05, 0) is 30.5 Å². The maximum atomic E-state index is 6.12. The second-order valence-corrected chi connectivity index (χ2v) is 4.76. The Balaban J connectivity index is 2.16. The van der Waals surface area contributed by atoms with E-state index in [-0.39, 0.29) is 0 Å². The first-order chi connectivity index (χ1) is 9.22. The van der Waals surface area contributed by atoms with Gasteiger partial charge in [-0.15, -0.1) is 0 Å². The monoisotopic (exact) mass is 276 g/mol. The van der Waals surface area contributed by atoms with Gasteiger partial charge in [0.25, 0.3) is 0 Å². The van der Waals surface area contributed by atoms with Gasteiger partial charge in [0.1, 0.15) is 17.3 Å². The summed E-state index contributed by atoms with van der Waals surface area (Å²) in [5.74, 6) is 0.818. The number of nitrogens with one attached hydrogen (secondary N) is 1. The Hall–Kier alpha value is -1.68. The van der Waals surface area contributed by atoms with Crippen molar-refractivity contribution in [3.05, 3.63) is 46.6 Å². The van der Waals surface area contributed by atoms with Crippen LogP contribution >= 0.6 is 11.6 Å². The summed E-state index contributed by atoms with van der Waals surface area (Å²) >= 11 is 6.12. The van der Waals surface area contributed by atoms with Crippen LogP contribution in [0.3, 0.4) is 0 Å². The molecule has 2 aromatic rings. The number of hydrogen-bond donors (Lipinski definition) is 1. The molecule has 0 aromatic carbocycles. The van der Waals surface area contributed by atoms with Crippen LogP contribution < -0.4 is 5.32 Å². The van der Waals surface area contributed by atoms with Gasteiger partial charge in [0.15, 0.2) is 0 Å². The smallest absolute Gasteiger partial charge is 0.137 e. The van der Waals surface area contributed by atoms with E-state index in [1.165, 1.54) is 11.9 Å². The largest absolute Gasteiger partial charge is 0.366 e. The molecule has 0 saturated heterocycles. The number of aryl methyl sites for hydroxylation is 1. The van der Waals surface area contributed by atoms with Gasteiger partial charge in [-0.1, -0.05) is 24.9 Å². The van der Waals surface area contributed by atoms with Gasteiger partial charge in [-0.3, -0.25) is 4.98 Å². The summed E-state index contributed by atoms with van der Waals surface area (Å²) in [4.78, 5) is 12.4. The molecule has 0 amide bonds. The standard InChI is InChI=1S/C14H17ClN4/c1-3-4-12-13(15)18-9-19-14(12)17-8-11-5-6-16-7-10(11)2/h5-7,9H,3-4,8H2,1-2H3,(H,17,18,19). The van der Waals surface area contributed by atoms with Crippen molar-refractivity contribution < 1.29 is 0 Å². The summed E-state index contributed by atoms with van der Waals surface area (Å²) in [6.07, 6.45) is 7.03. The Morgan fingerprint density at radius 3 is 2.89 bits per heavy atom. The molecule has 0 aliphatic carbocycles. The van der Waals surface area contributed by atoms with E-state index in [1.807, 2.05) is 19.2 Å². The van der Waals surface area contributed by atoms with E-state index in [0.29, 0.717) is 11.7 Å². The molecule has 2 rings (SSSR count). The molecule has 2 heterocycles. The molecule has 0 fully saturated rings. The van der Waals surface area contributed by atoms with Crippen LogP contribution in [0.5, 0.6) is 0 Å². The molecule has 0 unspecified atom stereocenters. The lowest BCUT2D eigenvalue weighted by Crippen LogP contribution is -2.07. The second-order valence-electron chi connectivity index (χ2n) is 4.40. The van der Waals surface area contributed by atoms with E-state index in [0.717, 1.165) is 29.8 Å².